The van der Waals surface area contributed by atoms with Gasteiger partial charge in [0.05, 0.1) is 30.7 Å². The molecule has 1 saturated carbocycles. The highest BCUT2D eigenvalue weighted by atomic mass is 35.5. The monoisotopic (exact) mass is 294 g/mol. The molecule has 1 aromatic heterocycles. The zero-order valence-electron chi connectivity index (χ0n) is 11.9. The maximum absolute atomic E-state index is 6.07. The fourth-order valence-corrected chi connectivity index (χ4v) is 3.10. The van der Waals surface area contributed by atoms with Crippen LogP contribution in [0.1, 0.15) is 25.1 Å². The molecule has 3 rings (SSSR count). The number of hydrogen-bond acceptors (Lipinski definition) is 3. The summed E-state index contributed by atoms with van der Waals surface area (Å²) < 4.78 is 13.3. The minimum Gasteiger partial charge on any atom is -0.494 e. The average molecular weight is 295 g/mol. The second-order valence-corrected chi connectivity index (χ2v) is 5.58. The lowest BCUT2D eigenvalue weighted by Crippen LogP contribution is -2.43. The lowest BCUT2D eigenvalue weighted by atomic mass is 9.80. The number of fused-ring (bicyclic) bond motifs is 1. The van der Waals surface area contributed by atoms with Crippen molar-refractivity contribution in [2.24, 2.45) is 0 Å². The van der Waals surface area contributed by atoms with Crippen molar-refractivity contribution in [3.05, 3.63) is 24.0 Å². The Morgan fingerprint density at radius 2 is 2.15 bits per heavy atom. The van der Waals surface area contributed by atoms with E-state index >= 15 is 0 Å². The van der Waals surface area contributed by atoms with Gasteiger partial charge in [-0.2, -0.15) is 0 Å². The highest BCUT2D eigenvalue weighted by Crippen LogP contribution is 2.38. The van der Waals surface area contributed by atoms with Gasteiger partial charge >= 0.3 is 0 Å². The van der Waals surface area contributed by atoms with Crippen LogP contribution in [0, 0.1) is 0 Å². The number of aromatic nitrogens is 2. The number of nitrogens with zero attached hydrogens (tertiary/aromatic N) is 2. The largest absolute Gasteiger partial charge is 0.494 e. The van der Waals surface area contributed by atoms with Crippen molar-refractivity contribution < 1.29 is 9.47 Å². The van der Waals surface area contributed by atoms with Crippen LogP contribution in [0.15, 0.2) is 18.2 Å². The Labute approximate surface area is 123 Å². The molecule has 1 aromatic carbocycles. The molecule has 108 valence electrons. The summed E-state index contributed by atoms with van der Waals surface area (Å²) in [6.07, 6.45) is 3.41. The van der Waals surface area contributed by atoms with Crippen molar-refractivity contribution in [2.45, 2.75) is 37.3 Å². The molecule has 0 bridgehead atoms. The Bertz CT molecular complexity index is 614. The standard InChI is InChI=1S/C15H19ClN2O2/c1-19-12-6-3-5-11-14(12)17-13(9-16)18(11)10-15(20-2)7-4-8-15/h3,5-6H,4,7-10H2,1-2H3. The topological polar surface area (TPSA) is 36.3 Å². The maximum Gasteiger partial charge on any atom is 0.146 e. The van der Waals surface area contributed by atoms with Crippen LogP contribution in [0.5, 0.6) is 5.75 Å². The summed E-state index contributed by atoms with van der Waals surface area (Å²) >= 11 is 6.07. The third kappa shape index (κ3) is 2.07. The van der Waals surface area contributed by atoms with Gasteiger partial charge in [-0.15, -0.1) is 11.6 Å². The number of ether oxygens (including phenoxy) is 2. The minimum absolute atomic E-state index is 0.0580. The smallest absolute Gasteiger partial charge is 0.146 e. The number of alkyl halides is 1. The van der Waals surface area contributed by atoms with E-state index in [2.05, 4.69) is 15.6 Å². The fraction of sp³-hybridized carbons (Fsp3) is 0.533. The van der Waals surface area contributed by atoms with E-state index < -0.39 is 0 Å². The van der Waals surface area contributed by atoms with E-state index in [0.717, 1.165) is 42.0 Å². The van der Waals surface area contributed by atoms with Gasteiger partial charge in [0, 0.05) is 7.11 Å². The molecule has 1 fully saturated rings. The molecule has 4 nitrogen and oxygen atoms in total. The molecule has 0 unspecified atom stereocenters. The highest BCUT2D eigenvalue weighted by Gasteiger charge is 2.38. The van der Waals surface area contributed by atoms with Gasteiger partial charge in [0.15, 0.2) is 0 Å². The van der Waals surface area contributed by atoms with E-state index in [4.69, 9.17) is 21.1 Å². The molecule has 0 saturated heterocycles. The van der Waals surface area contributed by atoms with Crippen molar-refractivity contribution >= 4 is 22.6 Å². The Kier molecular flexibility index (Phi) is 3.61. The van der Waals surface area contributed by atoms with Crippen LogP contribution in [0.4, 0.5) is 0 Å². The first kappa shape index (κ1) is 13.7. The van der Waals surface area contributed by atoms with Crippen molar-refractivity contribution in [3.8, 4) is 5.75 Å². The Balaban J connectivity index is 2.08. The van der Waals surface area contributed by atoms with Crippen LogP contribution >= 0.6 is 11.6 Å². The molecule has 0 amide bonds. The van der Waals surface area contributed by atoms with Gasteiger partial charge in [-0.25, -0.2) is 4.98 Å². The molecule has 5 heteroatoms. The van der Waals surface area contributed by atoms with E-state index in [-0.39, 0.29) is 5.60 Å². The van der Waals surface area contributed by atoms with Crippen LogP contribution in [0.25, 0.3) is 11.0 Å². The molecule has 0 atom stereocenters. The molecule has 1 aliphatic carbocycles. The summed E-state index contributed by atoms with van der Waals surface area (Å²) in [7, 11) is 3.45. The molecular weight excluding hydrogens is 276 g/mol. The molecule has 1 heterocycles. The highest BCUT2D eigenvalue weighted by molar-refractivity contribution is 6.16. The summed E-state index contributed by atoms with van der Waals surface area (Å²) in [4.78, 5) is 4.63. The third-order valence-electron chi connectivity index (χ3n) is 4.30. The number of methoxy groups -OCH3 is 2. The van der Waals surface area contributed by atoms with Gasteiger partial charge in [-0.05, 0) is 31.4 Å². The average Bonchev–Trinajstić information content (AvgIpc) is 2.80. The van der Waals surface area contributed by atoms with Gasteiger partial charge < -0.3 is 14.0 Å². The van der Waals surface area contributed by atoms with Gasteiger partial charge in [0.2, 0.25) is 0 Å². The van der Waals surface area contributed by atoms with Gasteiger partial charge in [-0.1, -0.05) is 6.07 Å². The van der Waals surface area contributed by atoms with E-state index in [1.54, 1.807) is 14.2 Å². The summed E-state index contributed by atoms with van der Waals surface area (Å²) in [5.74, 6) is 2.04. The van der Waals surface area contributed by atoms with Gasteiger partial charge in [0.25, 0.3) is 0 Å². The SMILES string of the molecule is COc1cccc2c1nc(CCl)n2CC1(OC)CCC1. The fourth-order valence-electron chi connectivity index (χ4n) is 2.90. The van der Waals surface area contributed by atoms with E-state index in [9.17, 15) is 0 Å². The molecule has 0 N–H and O–H groups in total. The van der Waals surface area contributed by atoms with Gasteiger partial charge in [0.1, 0.15) is 17.1 Å². The molecule has 2 aromatic rings. The number of para-hydroxylation sites is 1. The van der Waals surface area contributed by atoms with Crippen molar-refractivity contribution in [1.82, 2.24) is 9.55 Å². The van der Waals surface area contributed by atoms with Gasteiger partial charge in [-0.3, -0.25) is 0 Å². The molecule has 1 aliphatic rings. The quantitative estimate of drug-likeness (QED) is 0.794. The number of halogens is 1. The first-order chi connectivity index (χ1) is 9.73. The lowest BCUT2D eigenvalue weighted by Gasteiger charge is -2.41. The summed E-state index contributed by atoms with van der Waals surface area (Å²) in [5, 5.41) is 0. The van der Waals surface area contributed by atoms with Crippen LogP contribution in [0.2, 0.25) is 0 Å². The third-order valence-corrected chi connectivity index (χ3v) is 4.54. The van der Waals surface area contributed by atoms with Crippen LogP contribution < -0.4 is 4.74 Å². The predicted molar refractivity (Wildman–Crippen MR) is 79.4 cm³/mol. The molecule has 0 radical (unpaired) electrons. The number of hydrogen-bond donors (Lipinski definition) is 0. The van der Waals surface area contributed by atoms with Crippen molar-refractivity contribution in [3.63, 3.8) is 0 Å². The second-order valence-electron chi connectivity index (χ2n) is 5.32. The molecular formula is C15H19ClN2O2. The first-order valence-corrected chi connectivity index (χ1v) is 7.40. The second kappa shape index (κ2) is 5.26. The van der Waals surface area contributed by atoms with E-state index in [1.165, 1.54) is 6.42 Å². The van der Waals surface area contributed by atoms with Crippen LogP contribution in [-0.2, 0) is 17.2 Å². The molecule has 20 heavy (non-hydrogen) atoms. The predicted octanol–water partition coefficient (Wildman–Crippen LogP) is 3.35. The first-order valence-electron chi connectivity index (χ1n) is 6.86. The Morgan fingerprint density at radius 1 is 1.35 bits per heavy atom. The summed E-state index contributed by atoms with van der Waals surface area (Å²) in [5.41, 5.74) is 1.87. The van der Waals surface area contributed by atoms with Crippen LogP contribution in [-0.4, -0.2) is 29.4 Å². The number of imidazole rings is 1. The maximum atomic E-state index is 6.07. The van der Waals surface area contributed by atoms with Crippen molar-refractivity contribution in [2.75, 3.05) is 14.2 Å². The molecule has 0 spiro atoms. The summed E-state index contributed by atoms with van der Waals surface area (Å²) in [6, 6.07) is 5.97. The minimum atomic E-state index is -0.0580. The number of rotatable bonds is 5. The Morgan fingerprint density at radius 3 is 2.70 bits per heavy atom. The zero-order chi connectivity index (χ0) is 14.2. The number of benzene rings is 1. The Hall–Kier alpha value is -1.26. The lowest BCUT2D eigenvalue weighted by molar-refractivity contribution is -0.0831. The van der Waals surface area contributed by atoms with E-state index in [0.29, 0.717) is 5.88 Å². The van der Waals surface area contributed by atoms with Crippen LogP contribution in [0.3, 0.4) is 0 Å². The normalized spacial score (nSPS) is 17.1. The zero-order valence-corrected chi connectivity index (χ0v) is 12.6. The molecule has 0 aliphatic heterocycles. The van der Waals surface area contributed by atoms with Crippen molar-refractivity contribution in [1.29, 1.82) is 0 Å². The summed E-state index contributed by atoms with van der Waals surface area (Å²) in [6.45, 7) is 0.801. The van der Waals surface area contributed by atoms with E-state index in [1.807, 2.05) is 12.1 Å².